The number of rotatable bonds is 2. The van der Waals surface area contributed by atoms with Crippen LogP contribution in [0.3, 0.4) is 0 Å². The molecular formula is C15H15N3O3. The van der Waals surface area contributed by atoms with E-state index in [9.17, 15) is 14.9 Å². The molecule has 6 heteroatoms. The number of nitrogens with zero attached hydrogens (tertiary/aromatic N) is 3. The maximum Gasteiger partial charge on any atom is 0.418 e. The number of imide groups is 1. The largest absolute Gasteiger partial charge is 0.449 e. The van der Waals surface area contributed by atoms with Crippen LogP contribution < -0.4 is 0 Å². The van der Waals surface area contributed by atoms with Crippen LogP contribution in [0, 0.1) is 17.2 Å². The highest BCUT2D eigenvalue weighted by atomic mass is 16.6. The van der Waals surface area contributed by atoms with Gasteiger partial charge in [0.2, 0.25) is 0 Å². The minimum Gasteiger partial charge on any atom is -0.449 e. The van der Waals surface area contributed by atoms with Crippen molar-refractivity contribution in [2.24, 2.45) is 10.9 Å². The van der Waals surface area contributed by atoms with E-state index in [0.717, 1.165) is 4.90 Å². The van der Waals surface area contributed by atoms with Crippen LogP contribution in [0.1, 0.15) is 25.5 Å². The molecule has 0 bridgehead atoms. The average Bonchev–Trinajstić information content (AvgIpc) is 2.47. The van der Waals surface area contributed by atoms with E-state index >= 15 is 0 Å². The Balaban J connectivity index is 2.52. The number of hydrogen-bond donors (Lipinski definition) is 0. The van der Waals surface area contributed by atoms with Crippen LogP contribution in [0.15, 0.2) is 35.3 Å². The van der Waals surface area contributed by atoms with E-state index < -0.39 is 24.1 Å². The molecule has 0 saturated heterocycles. The van der Waals surface area contributed by atoms with Crippen molar-refractivity contribution in [1.82, 2.24) is 4.90 Å². The SMILES string of the molecule is CCOC(=O)N1C(=O)N=C(C)C(C#N)C1c1ccccc1. The Morgan fingerprint density at radius 1 is 1.43 bits per heavy atom. The molecule has 0 N–H and O–H groups in total. The number of carbonyl (C=O) groups excluding carboxylic acids is 2. The minimum absolute atomic E-state index is 0.143. The predicted molar refractivity (Wildman–Crippen MR) is 75.7 cm³/mol. The van der Waals surface area contributed by atoms with Crippen LogP contribution in [0.25, 0.3) is 0 Å². The van der Waals surface area contributed by atoms with E-state index in [1.807, 2.05) is 6.07 Å². The molecule has 21 heavy (non-hydrogen) atoms. The topological polar surface area (TPSA) is 82.8 Å². The molecule has 3 amide bonds. The zero-order valence-corrected chi connectivity index (χ0v) is 11.8. The van der Waals surface area contributed by atoms with Crippen molar-refractivity contribution in [3.05, 3.63) is 35.9 Å². The second-order valence-corrected chi connectivity index (χ2v) is 4.57. The van der Waals surface area contributed by atoms with Gasteiger partial charge in [0.1, 0.15) is 5.92 Å². The standard InChI is InChI=1S/C15H15N3O3/c1-3-21-15(20)18-13(11-7-5-4-6-8-11)12(9-16)10(2)17-14(18)19/h4-8,12-13H,3H2,1-2H3. The summed E-state index contributed by atoms with van der Waals surface area (Å²) in [6.45, 7) is 3.41. The van der Waals surface area contributed by atoms with E-state index in [-0.39, 0.29) is 6.61 Å². The first kappa shape index (κ1) is 14.7. The molecule has 0 radical (unpaired) electrons. The quantitative estimate of drug-likeness (QED) is 0.836. The molecule has 0 fully saturated rings. The van der Waals surface area contributed by atoms with Gasteiger partial charge < -0.3 is 4.74 Å². The number of ether oxygens (including phenoxy) is 1. The van der Waals surface area contributed by atoms with Crippen molar-refractivity contribution in [2.45, 2.75) is 19.9 Å². The fourth-order valence-electron chi connectivity index (χ4n) is 2.31. The summed E-state index contributed by atoms with van der Waals surface area (Å²) >= 11 is 0. The van der Waals surface area contributed by atoms with Gasteiger partial charge in [0, 0.05) is 5.71 Å². The molecule has 6 nitrogen and oxygen atoms in total. The number of hydrogen-bond acceptors (Lipinski definition) is 4. The molecule has 0 saturated carbocycles. The van der Waals surface area contributed by atoms with Crippen molar-refractivity contribution < 1.29 is 14.3 Å². The van der Waals surface area contributed by atoms with Gasteiger partial charge >= 0.3 is 12.1 Å². The van der Waals surface area contributed by atoms with E-state index in [2.05, 4.69) is 11.1 Å². The molecule has 2 unspecified atom stereocenters. The van der Waals surface area contributed by atoms with Crippen LogP contribution >= 0.6 is 0 Å². The van der Waals surface area contributed by atoms with Gasteiger partial charge in [-0.25, -0.2) is 19.5 Å². The Labute approximate surface area is 122 Å². The predicted octanol–water partition coefficient (Wildman–Crippen LogP) is 2.92. The number of amides is 3. The van der Waals surface area contributed by atoms with Gasteiger partial charge in [0.05, 0.1) is 18.7 Å². The average molecular weight is 285 g/mol. The first-order chi connectivity index (χ1) is 10.1. The van der Waals surface area contributed by atoms with Crippen LogP contribution in [-0.4, -0.2) is 29.3 Å². The van der Waals surface area contributed by atoms with Crippen molar-refractivity contribution in [3.8, 4) is 6.07 Å². The van der Waals surface area contributed by atoms with Gasteiger partial charge in [-0.05, 0) is 19.4 Å². The Hall–Kier alpha value is -2.68. The third-order valence-corrected chi connectivity index (χ3v) is 3.27. The fraction of sp³-hybridized carbons (Fsp3) is 0.333. The number of nitriles is 1. The fourth-order valence-corrected chi connectivity index (χ4v) is 2.31. The number of urea groups is 1. The lowest BCUT2D eigenvalue weighted by atomic mass is 9.88. The molecule has 1 aliphatic heterocycles. The molecule has 2 rings (SSSR count). The highest BCUT2D eigenvalue weighted by molar-refractivity contribution is 6.04. The molecule has 1 aromatic rings. The van der Waals surface area contributed by atoms with Crippen LogP contribution in [0.4, 0.5) is 9.59 Å². The second-order valence-electron chi connectivity index (χ2n) is 4.57. The van der Waals surface area contributed by atoms with Gasteiger partial charge in [-0.2, -0.15) is 5.26 Å². The second kappa shape index (κ2) is 6.18. The maximum atomic E-state index is 12.1. The molecule has 1 heterocycles. The summed E-state index contributed by atoms with van der Waals surface area (Å²) in [5, 5.41) is 9.39. The monoisotopic (exact) mass is 285 g/mol. The summed E-state index contributed by atoms with van der Waals surface area (Å²) in [7, 11) is 0. The van der Waals surface area contributed by atoms with Gasteiger partial charge in [0.25, 0.3) is 0 Å². The Kier molecular flexibility index (Phi) is 4.33. The number of benzene rings is 1. The summed E-state index contributed by atoms with van der Waals surface area (Å²) in [5.74, 6) is -0.686. The number of aliphatic imine (C=N–C) groups is 1. The summed E-state index contributed by atoms with van der Waals surface area (Å²) in [5.41, 5.74) is 1.09. The van der Waals surface area contributed by atoms with Crippen molar-refractivity contribution in [1.29, 1.82) is 5.26 Å². The molecule has 0 aliphatic carbocycles. The van der Waals surface area contributed by atoms with Crippen molar-refractivity contribution >= 4 is 17.8 Å². The first-order valence-electron chi connectivity index (χ1n) is 6.59. The smallest absolute Gasteiger partial charge is 0.418 e. The number of carbonyl (C=O) groups is 2. The lowest BCUT2D eigenvalue weighted by Crippen LogP contribution is -2.46. The van der Waals surface area contributed by atoms with E-state index in [1.54, 1.807) is 38.1 Å². The van der Waals surface area contributed by atoms with Crippen LogP contribution in [0.5, 0.6) is 0 Å². The van der Waals surface area contributed by atoms with E-state index in [0.29, 0.717) is 11.3 Å². The molecule has 1 aromatic carbocycles. The van der Waals surface area contributed by atoms with Gasteiger partial charge in [0.15, 0.2) is 0 Å². The Bertz CT molecular complexity index is 619. The minimum atomic E-state index is -0.784. The third-order valence-electron chi connectivity index (χ3n) is 3.27. The highest BCUT2D eigenvalue weighted by Gasteiger charge is 2.42. The highest BCUT2D eigenvalue weighted by Crippen LogP contribution is 2.34. The van der Waals surface area contributed by atoms with Crippen molar-refractivity contribution in [3.63, 3.8) is 0 Å². The zero-order chi connectivity index (χ0) is 15.4. The van der Waals surface area contributed by atoms with Gasteiger partial charge in [-0.15, -0.1) is 0 Å². The van der Waals surface area contributed by atoms with E-state index in [1.165, 1.54) is 0 Å². The molecule has 0 aromatic heterocycles. The molecule has 2 atom stereocenters. The van der Waals surface area contributed by atoms with Gasteiger partial charge in [-0.1, -0.05) is 30.3 Å². The van der Waals surface area contributed by atoms with Crippen molar-refractivity contribution in [2.75, 3.05) is 6.61 Å². The molecule has 1 aliphatic rings. The summed E-state index contributed by atoms with van der Waals surface area (Å²) in [4.78, 5) is 28.9. The maximum absolute atomic E-state index is 12.1. The Morgan fingerprint density at radius 3 is 2.67 bits per heavy atom. The van der Waals surface area contributed by atoms with Gasteiger partial charge in [-0.3, -0.25) is 0 Å². The lowest BCUT2D eigenvalue weighted by Gasteiger charge is -2.34. The summed E-state index contributed by atoms with van der Waals surface area (Å²) in [6.07, 6.45) is -0.784. The zero-order valence-electron chi connectivity index (χ0n) is 11.8. The molecule has 0 spiro atoms. The Morgan fingerprint density at radius 2 is 2.10 bits per heavy atom. The third kappa shape index (κ3) is 2.77. The van der Waals surface area contributed by atoms with E-state index in [4.69, 9.17) is 4.74 Å². The first-order valence-corrected chi connectivity index (χ1v) is 6.59. The van der Waals surface area contributed by atoms with Crippen LogP contribution in [-0.2, 0) is 4.74 Å². The summed E-state index contributed by atoms with van der Waals surface area (Å²) < 4.78 is 4.92. The summed E-state index contributed by atoms with van der Waals surface area (Å²) in [6, 6.07) is 9.64. The van der Waals surface area contributed by atoms with Crippen LogP contribution in [0.2, 0.25) is 0 Å². The normalized spacial score (nSPS) is 21.5. The molecule has 108 valence electrons. The lowest BCUT2D eigenvalue weighted by molar-refractivity contribution is 0.0982. The molecular weight excluding hydrogens is 270 g/mol.